The van der Waals surface area contributed by atoms with Crippen LogP contribution < -0.4 is 5.32 Å². The molecule has 1 amide bonds. The number of likely N-dealkylation sites (tertiary alicyclic amines) is 1. The average molecular weight is 442 g/mol. The van der Waals surface area contributed by atoms with E-state index in [9.17, 15) is 4.79 Å². The Morgan fingerprint density at radius 1 is 1.37 bits per heavy atom. The van der Waals surface area contributed by atoms with Gasteiger partial charge in [0.1, 0.15) is 6.04 Å². The van der Waals surface area contributed by atoms with Gasteiger partial charge in [0.05, 0.1) is 4.88 Å². The summed E-state index contributed by atoms with van der Waals surface area (Å²) in [7, 11) is 0. The molecule has 1 aliphatic rings. The maximum atomic E-state index is 12.9. The number of aromatic amines is 1. The number of benzene rings is 1. The largest absolute Gasteiger partial charge is 0.324 e. The van der Waals surface area contributed by atoms with E-state index in [2.05, 4.69) is 39.5 Å². The number of carbonyl (C=O) groups is 1. The van der Waals surface area contributed by atoms with E-state index in [1.165, 1.54) is 18.4 Å². The highest BCUT2D eigenvalue weighted by atomic mass is 32.1. The van der Waals surface area contributed by atoms with E-state index in [0.717, 1.165) is 36.1 Å². The van der Waals surface area contributed by atoms with E-state index in [0.29, 0.717) is 10.6 Å². The van der Waals surface area contributed by atoms with E-state index < -0.39 is 6.04 Å². The van der Waals surface area contributed by atoms with Gasteiger partial charge in [-0.2, -0.15) is 5.10 Å². The fourth-order valence-corrected chi connectivity index (χ4v) is 4.99. The standard InChI is InChI=1S/C22H27N5OS2/c1-15-5-3-11-26(13-15)14-17-7-9-18(10-8-17)23-21(28)16(2)27-20(24-25-22(27)29)19-6-4-12-30-19/h4,6-10,12,15-16H,3,5,11,13-14H2,1-2H3,(H,23,28)(H,25,29). The minimum atomic E-state index is -0.483. The highest BCUT2D eigenvalue weighted by molar-refractivity contribution is 7.71. The number of nitrogens with one attached hydrogen (secondary N) is 2. The van der Waals surface area contributed by atoms with Gasteiger partial charge in [-0.15, -0.1) is 11.3 Å². The normalized spacial score (nSPS) is 18.3. The van der Waals surface area contributed by atoms with Gasteiger partial charge in [-0.3, -0.25) is 19.4 Å². The number of thiophene rings is 1. The molecule has 3 aromatic rings. The zero-order valence-corrected chi connectivity index (χ0v) is 18.9. The number of nitrogens with zero attached hydrogens (tertiary/aromatic N) is 3. The highest BCUT2D eigenvalue weighted by Gasteiger charge is 2.21. The van der Waals surface area contributed by atoms with Crippen LogP contribution in [0.25, 0.3) is 10.7 Å². The average Bonchev–Trinajstić information content (AvgIpc) is 3.38. The molecule has 0 aliphatic carbocycles. The maximum Gasteiger partial charge on any atom is 0.247 e. The lowest BCUT2D eigenvalue weighted by Crippen LogP contribution is -2.33. The third-order valence-electron chi connectivity index (χ3n) is 5.58. The number of H-pyrrole nitrogens is 1. The molecule has 2 unspecified atom stereocenters. The van der Waals surface area contributed by atoms with Gasteiger partial charge in [-0.25, -0.2) is 0 Å². The van der Waals surface area contributed by atoms with Crippen molar-refractivity contribution in [2.24, 2.45) is 5.92 Å². The second-order valence-electron chi connectivity index (χ2n) is 8.04. The van der Waals surface area contributed by atoms with Crippen LogP contribution in [0.15, 0.2) is 41.8 Å². The molecule has 0 bridgehead atoms. The number of aromatic nitrogens is 3. The Morgan fingerprint density at radius 3 is 2.87 bits per heavy atom. The molecule has 1 saturated heterocycles. The molecular formula is C22H27N5OS2. The fourth-order valence-electron chi connectivity index (χ4n) is 3.99. The topological polar surface area (TPSA) is 66.0 Å². The molecule has 1 fully saturated rings. The quantitative estimate of drug-likeness (QED) is 0.522. The molecule has 3 heterocycles. The first-order valence-corrected chi connectivity index (χ1v) is 11.6. The van der Waals surface area contributed by atoms with Crippen molar-refractivity contribution in [1.29, 1.82) is 0 Å². The summed E-state index contributed by atoms with van der Waals surface area (Å²) in [5, 5.41) is 12.1. The van der Waals surface area contributed by atoms with Crippen LogP contribution in [-0.4, -0.2) is 38.7 Å². The number of carbonyl (C=O) groups excluding carboxylic acids is 1. The van der Waals surface area contributed by atoms with Crippen LogP contribution in [0, 0.1) is 10.7 Å². The van der Waals surface area contributed by atoms with Crippen LogP contribution >= 0.6 is 23.6 Å². The zero-order valence-electron chi connectivity index (χ0n) is 17.3. The van der Waals surface area contributed by atoms with Crippen molar-refractivity contribution in [1.82, 2.24) is 19.7 Å². The number of anilines is 1. The Bertz CT molecular complexity index is 1040. The lowest BCUT2D eigenvalue weighted by molar-refractivity contribution is -0.118. The molecule has 4 rings (SSSR count). The van der Waals surface area contributed by atoms with Crippen molar-refractivity contribution < 1.29 is 4.79 Å². The summed E-state index contributed by atoms with van der Waals surface area (Å²) in [4.78, 5) is 16.4. The smallest absolute Gasteiger partial charge is 0.247 e. The monoisotopic (exact) mass is 441 g/mol. The Morgan fingerprint density at radius 2 is 2.17 bits per heavy atom. The van der Waals surface area contributed by atoms with E-state index in [1.54, 1.807) is 15.9 Å². The number of hydrogen-bond acceptors (Lipinski definition) is 5. The summed E-state index contributed by atoms with van der Waals surface area (Å²) in [5.41, 5.74) is 2.06. The molecule has 2 N–H and O–H groups in total. The van der Waals surface area contributed by atoms with E-state index >= 15 is 0 Å². The lowest BCUT2D eigenvalue weighted by Gasteiger charge is -2.30. The number of rotatable bonds is 6. The van der Waals surface area contributed by atoms with Gasteiger partial charge in [0, 0.05) is 18.8 Å². The summed E-state index contributed by atoms with van der Waals surface area (Å²) in [6.07, 6.45) is 2.60. The predicted octanol–water partition coefficient (Wildman–Crippen LogP) is 5.10. The molecular weight excluding hydrogens is 414 g/mol. The van der Waals surface area contributed by atoms with Gasteiger partial charge in [0.25, 0.3) is 0 Å². The van der Waals surface area contributed by atoms with Gasteiger partial charge in [-0.05, 0) is 73.6 Å². The van der Waals surface area contributed by atoms with Crippen LogP contribution in [0.5, 0.6) is 0 Å². The zero-order chi connectivity index (χ0) is 21.1. The minimum absolute atomic E-state index is 0.122. The SMILES string of the molecule is CC1CCCN(Cc2ccc(NC(=O)C(C)n3c(-c4cccs4)n[nH]c3=S)cc2)C1. The Hall–Kier alpha value is -2.29. The van der Waals surface area contributed by atoms with Crippen molar-refractivity contribution in [2.45, 2.75) is 39.3 Å². The lowest BCUT2D eigenvalue weighted by atomic mass is 10.00. The van der Waals surface area contributed by atoms with E-state index in [-0.39, 0.29) is 5.91 Å². The van der Waals surface area contributed by atoms with Crippen molar-refractivity contribution in [3.8, 4) is 10.7 Å². The first-order chi connectivity index (χ1) is 14.5. The molecule has 1 aliphatic heterocycles. The third-order valence-corrected chi connectivity index (χ3v) is 6.74. The van der Waals surface area contributed by atoms with Crippen molar-refractivity contribution in [3.63, 3.8) is 0 Å². The second-order valence-corrected chi connectivity index (χ2v) is 9.38. The molecule has 0 radical (unpaired) electrons. The van der Waals surface area contributed by atoms with Gasteiger partial charge >= 0.3 is 0 Å². The molecule has 158 valence electrons. The molecule has 6 nitrogen and oxygen atoms in total. The summed E-state index contributed by atoms with van der Waals surface area (Å²) < 4.78 is 2.20. The summed E-state index contributed by atoms with van der Waals surface area (Å²) in [6, 6.07) is 11.6. The summed E-state index contributed by atoms with van der Waals surface area (Å²) in [6.45, 7) is 7.45. The van der Waals surface area contributed by atoms with Gasteiger partial charge in [0.15, 0.2) is 10.6 Å². The fraction of sp³-hybridized carbons (Fsp3) is 0.409. The number of amides is 1. The first-order valence-electron chi connectivity index (χ1n) is 10.3. The molecule has 1 aromatic carbocycles. The summed E-state index contributed by atoms with van der Waals surface area (Å²) in [5.74, 6) is 1.33. The van der Waals surface area contributed by atoms with Crippen molar-refractivity contribution in [3.05, 3.63) is 52.1 Å². The van der Waals surface area contributed by atoms with Crippen LogP contribution in [0.1, 0.15) is 38.3 Å². The second kappa shape index (κ2) is 9.24. The molecule has 8 heteroatoms. The van der Waals surface area contributed by atoms with E-state index in [1.807, 2.05) is 36.6 Å². The van der Waals surface area contributed by atoms with Crippen molar-refractivity contribution >= 4 is 35.1 Å². The van der Waals surface area contributed by atoms with Gasteiger partial charge in [-0.1, -0.05) is 25.1 Å². The van der Waals surface area contributed by atoms with Crippen LogP contribution in [-0.2, 0) is 11.3 Å². The Labute approximate surface area is 185 Å². The minimum Gasteiger partial charge on any atom is -0.324 e. The van der Waals surface area contributed by atoms with Gasteiger partial charge < -0.3 is 5.32 Å². The van der Waals surface area contributed by atoms with Crippen LogP contribution in [0.3, 0.4) is 0 Å². The molecule has 0 saturated carbocycles. The molecule has 0 spiro atoms. The molecule has 2 atom stereocenters. The highest BCUT2D eigenvalue weighted by Crippen LogP contribution is 2.26. The molecule has 2 aromatic heterocycles. The maximum absolute atomic E-state index is 12.9. The first kappa shape index (κ1) is 21.0. The summed E-state index contributed by atoms with van der Waals surface area (Å²) >= 11 is 6.94. The third kappa shape index (κ3) is 4.71. The van der Waals surface area contributed by atoms with Crippen LogP contribution in [0.2, 0.25) is 0 Å². The Kier molecular flexibility index (Phi) is 6.46. The predicted molar refractivity (Wildman–Crippen MR) is 124 cm³/mol. The molecule has 30 heavy (non-hydrogen) atoms. The number of piperidine rings is 1. The Balaban J connectivity index is 1.42. The van der Waals surface area contributed by atoms with E-state index in [4.69, 9.17) is 12.2 Å². The van der Waals surface area contributed by atoms with Crippen molar-refractivity contribution in [2.75, 3.05) is 18.4 Å². The van der Waals surface area contributed by atoms with Gasteiger partial charge in [0.2, 0.25) is 5.91 Å². The van der Waals surface area contributed by atoms with Crippen LogP contribution in [0.4, 0.5) is 5.69 Å². The number of hydrogen-bond donors (Lipinski definition) is 2.